The van der Waals surface area contributed by atoms with Gasteiger partial charge in [-0.1, -0.05) is 0 Å². The summed E-state index contributed by atoms with van der Waals surface area (Å²) in [6.07, 6.45) is 3.40. The lowest BCUT2D eigenvalue weighted by Gasteiger charge is -2.34. The number of aromatic nitrogens is 1. The van der Waals surface area contributed by atoms with E-state index >= 15 is 0 Å². The minimum absolute atomic E-state index is 0.0833. The monoisotopic (exact) mass is 440 g/mol. The van der Waals surface area contributed by atoms with E-state index in [-0.39, 0.29) is 12.2 Å². The number of amides is 1. The van der Waals surface area contributed by atoms with Gasteiger partial charge in [0.15, 0.2) is 0 Å². The largest absolute Gasteiger partial charge is 0.477 e. The van der Waals surface area contributed by atoms with Crippen LogP contribution in [0.2, 0.25) is 0 Å². The van der Waals surface area contributed by atoms with Crippen LogP contribution in [0.1, 0.15) is 26.7 Å². The van der Waals surface area contributed by atoms with Crippen molar-refractivity contribution in [2.24, 2.45) is 5.92 Å². The van der Waals surface area contributed by atoms with Gasteiger partial charge in [0.1, 0.15) is 12.2 Å². The molecule has 2 aliphatic rings. The summed E-state index contributed by atoms with van der Waals surface area (Å²) in [6.45, 7) is 9.36. The number of rotatable bonds is 8. The second-order valence-corrected chi connectivity index (χ2v) is 8.56. The molecule has 2 fully saturated rings. The molecule has 0 N–H and O–H groups in total. The fourth-order valence-corrected chi connectivity index (χ4v) is 3.96. The first-order valence-corrected chi connectivity index (χ1v) is 11.2. The highest BCUT2D eigenvalue weighted by atomic mass is 32.2. The number of anilines is 1. The van der Waals surface area contributed by atoms with E-state index in [1.807, 2.05) is 26.1 Å². The predicted molar refractivity (Wildman–Crippen MR) is 115 cm³/mol. The average molecular weight is 441 g/mol. The van der Waals surface area contributed by atoms with Crippen molar-refractivity contribution in [2.75, 3.05) is 57.9 Å². The Labute approximate surface area is 182 Å². The lowest BCUT2D eigenvalue weighted by molar-refractivity contribution is -0.163. The zero-order chi connectivity index (χ0) is 21.3. The van der Waals surface area contributed by atoms with Gasteiger partial charge in [-0.2, -0.15) is 0 Å². The Hall–Kier alpha value is -1.75. The molecule has 0 unspecified atom stereocenters. The highest BCUT2D eigenvalue weighted by molar-refractivity contribution is 7.92. The minimum atomic E-state index is -0.215. The third-order valence-corrected chi connectivity index (χ3v) is 5.98. The Bertz CT molecular complexity index is 647. The Morgan fingerprint density at radius 3 is 2.50 bits per heavy atom. The van der Waals surface area contributed by atoms with Gasteiger partial charge in [-0.25, -0.2) is 19.0 Å². The average Bonchev–Trinajstić information content (AvgIpc) is 2.77. The molecular formula is C20H32N4O5S. The van der Waals surface area contributed by atoms with Crippen LogP contribution in [0.25, 0.3) is 0 Å². The van der Waals surface area contributed by atoms with E-state index in [0.717, 1.165) is 44.7 Å². The fourth-order valence-electron chi connectivity index (χ4n) is 3.50. The molecule has 10 heteroatoms. The number of likely N-dealkylation sites (tertiary alicyclic amines) is 1. The number of hydrogen-bond acceptors (Lipinski definition) is 9. The maximum atomic E-state index is 12.0. The summed E-state index contributed by atoms with van der Waals surface area (Å²) in [7, 11) is 1.51. The number of ether oxygens (including phenoxy) is 2. The molecule has 0 aliphatic carbocycles. The standard InChI is InChI=1S/C20H32N4O5S/c1-16(2)28-20(25)23-8-6-17(7-9-23)15-27-19-5-4-18(14-21-19)22-10-12-24(13-11-22)30-29-26-3/h4-5,14,16-17H,6-13,15H2,1-3H3. The van der Waals surface area contributed by atoms with E-state index < -0.39 is 0 Å². The minimum Gasteiger partial charge on any atom is -0.477 e. The van der Waals surface area contributed by atoms with Gasteiger partial charge in [0.05, 0.1) is 31.7 Å². The molecule has 2 saturated heterocycles. The molecule has 0 saturated carbocycles. The molecule has 1 aromatic rings. The third kappa shape index (κ3) is 6.90. The van der Waals surface area contributed by atoms with Crippen molar-refractivity contribution in [1.82, 2.24) is 14.2 Å². The molecule has 30 heavy (non-hydrogen) atoms. The normalized spacial score (nSPS) is 18.7. The summed E-state index contributed by atoms with van der Waals surface area (Å²) in [5.74, 6) is 1.07. The van der Waals surface area contributed by atoms with Crippen molar-refractivity contribution in [3.63, 3.8) is 0 Å². The predicted octanol–water partition coefficient (Wildman–Crippen LogP) is 2.98. The van der Waals surface area contributed by atoms with Gasteiger partial charge in [0, 0.05) is 45.3 Å². The van der Waals surface area contributed by atoms with E-state index in [9.17, 15) is 4.79 Å². The molecule has 9 nitrogen and oxygen atoms in total. The SMILES string of the molecule is COOSN1CCN(c2ccc(OCC3CCN(C(=O)OC(C)C)CC3)nc2)CC1. The van der Waals surface area contributed by atoms with E-state index in [0.29, 0.717) is 31.5 Å². The summed E-state index contributed by atoms with van der Waals surface area (Å²) >= 11 is 1.24. The molecule has 3 heterocycles. The van der Waals surface area contributed by atoms with Crippen molar-refractivity contribution >= 4 is 24.0 Å². The Morgan fingerprint density at radius 2 is 1.90 bits per heavy atom. The summed E-state index contributed by atoms with van der Waals surface area (Å²) in [6, 6.07) is 3.99. The van der Waals surface area contributed by atoms with E-state index in [2.05, 4.69) is 25.1 Å². The van der Waals surface area contributed by atoms with Crippen LogP contribution in [0.15, 0.2) is 18.3 Å². The van der Waals surface area contributed by atoms with Crippen LogP contribution in [-0.4, -0.2) is 79.4 Å². The van der Waals surface area contributed by atoms with Gasteiger partial charge in [-0.05, 0) is 38.7 Å². The van der Waals surface area contributed by atoms with Crippen LogP contribution in [-0.2, 0) is 14.0 Å². The summed E-state index contributed by atoms with van der Waals surface area (Å²) in [5.41, 5.74) is 1.09. The topological polar surface area (TPSA) is 76.6 Å². The van der Waals surface area contributed by atoms with E-state index in [4.69, 9.17) is 13.8 Å². The molecule has 0 atom stereocenters. The molecule has 0 radical (unpaired) electrons. The smallest absolute Gasteiger partial charge is 0.410 e. The van der Waals surface area contributed by atoms with Crippen LogP contribution < -0.4 is 9.64 Å². The maximum Gasteiger partial charge on any atom is 0.410 e. The van der Waals surface area contributed by atoms with Crippen molar-refractivity contribution in [3.05, 3.63) is 18.3 Å². The molecule has 0 aromatic carbocycles. The zero-order valence-electron chi connectivity index (χ0n) is 18.0. The number of hydrogen-bond donors (Lipinski definition) is 0. The molecule has 1 aromatic heterocycles. The molecule has 1 amide bonds. The third-order valence-electron chi connectivity index (χ3n) is 5.20. The first kappa shape index (κ1) is 22.9. The zero-order valence-corrected chi connectivity index (χ0v) is 18.8. The van der Waals surface area contributed by atoms with Crippen LogP contribution in [0.3, 0.4) is 0 Å². The van der Waals surface area contributed by atoms with Gasteiger partial charge in [-0.15, -0.1) is 4.33 Å². The first-order valence-electron chi connectivity index (χ1n) is 10.5. The molecule has 0 bridgehead atoms. The van der Waals surface area contributed by atoms with Crippen LogP contribution in [0, 0.1) is 5.92 Å². The molecular weight excluding hydrogens is 408 g/mol. The molecule has 0 spiro atoms. The maximum absolute atomic E-state index is 12.0. The van der Waals surface area contributed by atoms with Crippen LogP contribution in [0.5, 0.6) is 5.88 Å². The highest BCUT2D eigenvalue weighted by Gasteiger charge is 2.25. The number of pyridine rings is 1. The van der Waals surface area contributed by atoms with Crippen molar-refractivity contribution in [3.8, 4) is 5.88 Å². The quantitative estimate of drug-likeness (QED) is 0.262. The Balaban J connectivity index is 1.37. The second-order valence-electron chi connectivity index (χ2n) is 7.75. The van der Waals surface area contributed by atoms with Crippen LogP contribution in [0.4, 0.5) is 10.5 Å². The number of piperidine rings is 1. The van der Waals surface area contributed by atoms with Gasteiger partial charge in [0.25, 0.3) is 0 Å². The van der Waals surface area contributed by atoms with Gasteiger partial charge in [-0.3, -0.25) is 0 Å². The number of carbonyl (C=O) groups is 1. The van der Waals surface area contributed by atoms with E-state index in [1.54, 1.807) is 4.90 Å². The highest BCUT2D eigenvalue weighted by Crippen LogP contribution is 2.23. The Morgan fingerprint density at radius 1 is 1.17 bits per heavy atom. The molecule has 2 aliphatic heterocycles. The fraction of sp³-hybridized carbons (Fsp3) is 0.700. The molecule has 3 rings (SSSR count). The summed E-state index contributed by atoms with van der Waals surface area (Å²) in [5, 5.41) is 0. The lowest BCUT2D eigenvalue weighted by atomic mass is 9.98. The van der Waals surface area contributed by atoms with Gasteiger partial charge < -0.3 is 19.3 Å². The lowest BCUT2D eigenvalue weighted by Crippen LogP contribution is -2.43. The second kappa shape index (κ2) is 11.6. The summed E-state index contributed by atoms with van der Waals surface area (Å²) in [4.78, 5) is 25.1. The van der Waals surface area contributed by atoms with Crippen molar-refractivity contribution in [2.45, 2.75) is 32.8 Å². The number of piperazine rings is 1. The van der Waals surface area contributed by atoms with Crippen LogP contribution >= 0.6 is 12.2 Å². The van der Waals surface area contributed by atoms with Crippen molar-refractivity contribution in [1.29, 1.82) is 0 Å². The number of carbonyl (C=O) groups excluding carboxylic acids is 1. The van der Waals surface area contributed by atoms with Crippen molar-refractivity contribution < 1.29 is 23.5 Å². The summed E-state index contributed by atoms with van der Waals surface area (Å²) < 4.78 is 18.2. The first-order chi connectivity index (χ1) is 14.5. The Kier molecular flexibility index (Phi) is 8.86. The molecule has 168 valence electrons. The van der Waals surface area contributed by atoms with E-state index in [1.165, 1.54) is 19.3 Å². The van der Waals surface area contributed by atoms with Gasteiger partial charge >= 0.3 is 6.09 Å². The van der Waals surface area contributed by atoms with Gasteiger partial charge in [0.2, 0.25) is 5.88 Å². The number of nitrogens with zero attached hydrogens (tertiary/aromatic N) is 4.